The molecule has 0 spiro atoms. The van der Waals surface area contributed by atoms with Crippen LogP contribution in [-0.4, -0.2) is 28.6 Å². The van der Waals surface area contributed by atoms with Crippen LogP contribution in [0.5, 0.6) is 0 Å². The summed E-state index contributed by atoms with van der Waals surface area (Å²) in [6.07, 6.45) is 0.164. The van der Waals surface area contributed by atoms with E-state index in [1.165, 1.54) is 24.3 Å². The number of hydrogen-bond donors (Lipinski definition) is 1. The van der Waals surface area contributed by atoms with Crippen molar-refractivity contribution in [3.8, 4) is 11.4 Å². The molecule has 3 aromatic rings. The van der Waals surface area contributed by atoms with Crippen LogP contribution in [0, 0.1) is 5.82 Å². The molecular weight excluding hydrogens is 353 g/mol. The molecule has 138 valence electrons. The second-order valence-corrected chi connectivity index (χ2v) is 5.59. The molecule has 1 amide bonds. The highest BCUT2D eigenvalue weighted by atomic mass is 19.1. The standard InChI is InChI=1S/C19H16FN3O4/c20-14-8-6-13(7-9-14)19-22-17(27-23-19)10-11-18(25)26-12-16(24)21-15-4-2-1-3-5-15/h1-9H,10-12H2,(H,21,24). The molecule has 1 N–H and O–H groups in total. The first-order valence-electron chi connectivity index (χ1n) is 8.19. The van der Waals surface area contributed by atoms with Crippen molar-refractivity contribution >= 4 is 17.6 Å². The number of anilines is 1. The normalized spacial score (nSPS) is 10.4. The minimum Gasteiger partial charge on any atom is -0.456 e. The van der Waals surface area contributed by atoms with E-state index in [0.29, 0.717) is 17.1 Å². The van der Waals surface area contributed by atoms with Gasteiger partial charge in [-0.2, -0.15) is 4.98 Å². The van der Waals surface area contributed by atoms with Gasteiger partial charge in [-0.05, 0) is 36.4 Å². The summed E-state index contributed by atoms with van der Waals surface area (Å²) in [4.78, 5) is 27.6. The number of amides is 1. The molecule has 0 aliphatic rings. The number of esters is 1. The number of nitrogens with one attached hydrogen (secondary N) is 1. The molecule has 0 saturated carbocycles. The molecule has 0 bridgehead atoms. The topological polar surface area (TPSA) is 94.3 Å². The Balaban J connectivity index is 1.43. The number of ether oxygens (including phenoxy) is 1. The number of hydrogen-bond acceptors (Lipinski definition) is 6. The molecule has 0 atom stereocenters. The number of halogens is 1. The van der Waals surface area contributed by atoms with Gasteiger partial charge in [0.05, 0.1) is 6.42 Å². The SMILES string of the molecule is O=C(COC(=O)CCc1nc(-c2ccc(F)cc2)no1)Nc1ccccc1. The van der Waals surface area contributed by atoms with Crippen molar-refractivity contribution in [2.24, 2.45) is 0 Å². The second-order valence-electron chi connectivity index (χ2n) is 5.59. The van der Waals surface area contributed by atoms with Gasteiger partial charge in [-0.25, -0.2) is 4.39 Å². The molecular formula is C19H16FN3O4. The van der Waals surface area contributed by atoms with Crippen molar-refractivity contribution in [1.82, 2.24) is 10.1 Å². The molecule has 0 unspecified atom stereocenters. The predicted molar refractivity (Wildman–Crippen MR) is 94.0 cm³/mol. The summed E-state index contributed by atoms with van der Waals surface area (Å²) in [5.74, 6) is -0.784. The molecule has 1 aromatic heterocycles. The fourth-order valence-corrected chi connectivity index (χ4v) is 2.22. The molecule has 27 heavy (non-hydrogen) atoms. The van der Waals surface area contributed by atoms with E-state index in [9.17, 15) is 14.0 Å². The van der Waals surface area contributed by atoms with Crippen LogP contribution in [0.15, 0.2) is 59.1 Å². The van der Waals surface area contributed by atoms with Crippen LogP contribution in [0.2, 0.25) is 0 Å². The monoisotopic (exact) mass is 369 g/mol. The maximum atomic E-state index is 12.9. The average Bonchev–Trinajstić information content (AvgIpc) is 3.15. The van der Waals surface area contributed by atoms with Gasteiger partial charge >= 0.3 is 5.97 Å². The minimum absolute atomic E-state index is 0.0102. The lowest BCUT2D eigenvalue weighted by Crippen LogP contribution is -2.21. The van der Waals surface area contributed by atoms with Crippen LogP contribution in [0.3, 0.4) is 0 Å². The first-order chi connectivity index (χ1) is 13.1. The third-order valence-electron chi connectivity index (χ3n) is 3.54. The van der Waals surface area contributed by atoms with Gasteiger partial charge in [0.15, 0.2) is 6.61 Å². The van der Waals surface area contributed by atoms with E-state index in [1.54, 1.807) is 24.3 Å². The van der Waals surface area contributed by atoms with E-state index in [1.807, 2.05) is 6.07 Å². The van der Waals surface area contributed by atoms with Crippen LogP contribution < -0.4 is 5.32 Å². The van der Waals surface area contributed by atoms with Crippen molar-refractivity contribution in [2.45, 2.75) is 12.8 Å². The zero-order chi connectivity index (χ0) is 19.1. The zero-order valence-electron chi connectivity index (χ0n) is 14.2. The van der Waals surface area contributed by atoms with Crippen LogP contribution in [0.1, 0.15) is 12.3 Å². The Kier molecular flexibility index (Phi) is 5.88. The smallest absolute Gasteiger partial charge is 0.306 e. The Morgan fingerprint density at radius 2 is 1.81 bits per heavy atom. The summed E-state index contributed by atoms with van der Waals surface area (Å²) in [6.45, 7) is -0.377. The number of benzene rings is 2. The van der Waals surface area contributed by atoms with Gasteiger partial charge in [0.25, 0.3) is 5.91 Å². The third kappa shape index (κ3) is 5.46. The van der Waals surface area contributed by atoms with Gasteiger partial charge in [0, 0.05) is 17.7 Å². The summed E-state index contributed by atoms with van der Waals surface area (Å²) >= 11 is 0. The Morgan fingerprint density at radius 1 is 1.07 bits per heavy atom. The van der Waals surface area contributed by atoms with Crippen molar-refractivity contribution in [1.29, 1.82) is 0 Å². The number of aryl methyl sites for hydroxylation is 1. The van der Waals surface area contributed by atoms with Crippen molar-refractivity contribution < 1.29 is 23.2 Å². The molecule has 2 aromatic carbocycles. The largest absolute Gasteiger partial charge is 0.456 e. The summed E-state index contributed by atoms with van der Waals surface area (Å²) in [5.41, 5.74) is 1.23. The summed E-state index contributed by atoms with van der Waals surface area (Å²) in [6, 6.07) is 14.5. The lowest BCUT2D eigenvalue weighted by atomic mass is 10.2. The zero-order valence-corrected chi connectivity index (χ0v) is 14.2. The summed E-state index contributed by atoms with van der Waals surface area (Å²) < 4.78 is 22.9. The molecule has 0 saturated heterocycles. The average molecular weight is 369 g/mol. The summed E-state index contributed by atoms with van der Waals surface area (Å²) in [7, 11) is 0. The number of rotatable bonds is 7. The Labute approximate surface area is 154 Å². The van der Waals surface area contributed by atoms with Crippen LogP contribution >= 0.6 is 0 Å². The highest BCUT2D eigenvalue weighted by Gasteiger charge is 2.13. The molecule has 0 aliphatic carbocycles. The molecule has 0 fully saturated rings. The van der Waals surface area contributed by atoms with E-state index >= 15 is 0 Å². The molecule has 1 heterocycles. The number of carbonyl (C=O) groups is 2. The van der Waals surface area contributed by atoms with Crippen LogP contribution in [0.4, 0.5) is 10.1 Å². The third-order valence-corrected chi connectivity index (χ3v) is 3.54. The molecule has 3 rings (SSSR count). The van der Waals surface area contributed by atoms with Gasteiger partial charge in [-0.3, -0.25) is 9.59 Å². The molecule has 0 aliphatic heterocycles. The van der Waals surface area contributed by atoms with Crippen LogP contribution in [-0.2, 0) is 20.7 Å². The number of nitrogens with zero attached hydrogens (tertiary/aromatic N) is 2. The molecule has 7 nitrogen and oxygen atoms in total. The first kappa shape index (κ1) is 18.2. The number of aromatic nitrogens is 2. The number of carbonyl (C=O) groups excluding carboxylic acids is 2. The first-order valence-corrected chi connectivity index (χ1v) is 8.19. The minimum atomic E-state index is -0.556. The van der Waals surface area contributed by atoms with Crippen molar-refractivity contribution in [3.63, 3.8) is 0 Å². The maximum absolute atomic E-state index is 12.9. The van der Waals surface area contributed by atoms with E-state index < -0.39 is 11.9 Å². The van der Waals surface area contributed by atoms with Gasteiger partial charge in [-0.15, -0.1) is 0 Å². The lowest BCUT2D eigenvalue weighted by molar-refractivity contribution is -0.147. The van der Waals surface area contributed by atoms with Gasteiger partial charge in [-0.1, -0.05) is 23.4 Å². The van der Waals surface area contributed by atoms with Gasteiger partial charge in [0.1, 0.15) is 5.82 Å². The van der Waals surface area contributed by atoms with E-state index in [4.69, 9.17) is 9.26 Å². The van der Waals surface area contributed by atoms with Crippen molar-refractivity contribution in [3.05, 3.63) is 66.3 Å². The Hall–Kier alpha value is -3.55. The second kappa shape index (κ2) is 8.70. The van der Waals surface area contributed by atoms with Crippen molar-refractivity contribution in [2.75, 3.05) is 11.9 Å². The van der Waals surface area contributed by atoms with Gasteiger partial charge in [0.2, 0.25) is 11.7 Å². The summed E-state index contributed by atoms with van der Waals surface area (Å²) in [5, 5.41) is 6.40. The van der Waals surface area contributed by atoms with E-state index in [-0.39, 0.29) is 31.2 Å². The molecule has 0 radical (unpaired) electrons. The predicted octanol–water partition coefficient (Wildman–Crippen LogP) is 2.99. The van der Waals surface area contributed by atoms with Crippen LogP contribution in [0.25, 0.3) is 11.4 Å². The maximum Gasteiger partial charge on any atom is 0.306 e. The number of para-hydroxylation sites is 1. The Bertz CT molecular complexity index is 910. The van der Waals surface area contributed by atoms with Gasteiger partial charge < -0.3 is 14.6 Å². The fraction of sp³-hybridized carbons (Fsp3) is 0.158. The fourth-order valence-electron chi connectivity index (χ4n) is 2.22. The highest BCUT2D eigenvalue weighted by molar-refractivity contribution is 5.92. The highest BCUT2D eigenvalue weighted by Crippen LogP contribution is 2.16. The van der Waals surface area contributed by atoms with E-state index in [2.05, 4.69) is 15.5 Å². The quantitative estimate of drug-likeness (QED) is 0.644. The van der Waals surface area contributed by atoms with E-state index in [0.717, 1.165) is 0 Å². The molecule has 8 heteroatoms. The lowest BCUT2D eigenvalue weighted by Gasteiger charge is -2.05. The Morgan fingerprint density at radius 3 is 2.56 bits per heavy atom.